The molecule has 2 aliphatic heterocycles. The van der Waals surface area contributed by atoms with Gasteiger partial charge in [-0.25, -0.2) is 0 Å². The summed E-state index contributed by atoms with van der Waals surface area (Å²) in [7, 11) is 1.58. The molecule has 0 aromatic heterocycles. The van der Waals surface area contributed by atoms with Crippen molar-refractivity contribution in [2.24, 2.45) is 0 Å². The predicted octanol–water partition coefficient (Wildman–Crippen LogP) is 3.85. The van der Waals surface area contributed by atoms with Gasteiger partial charge in [0.15, 0.2) is 0 Å². The maximum Gasteiger partial charge on any atom is 0.295 e. The number of amides is 1. The highest BCUT2D eigenvalue weighted by molar-refractivity contribution is 6.46. The van der Waals surface area contributed by atoms with E-state index in [9.17, 15) is 14.7 Å². The minimum absolute atomic E-state index is 0.0758. The molecule has 2 unspecified atom stereocenters. The molecule has 2 heterocycles. The molecule has 156 valence electrons. The van der Waals surface area contributed by atoms with Crippen LogP contribution in [-0.2, 0) is 16.0 Å². The van der Waals surface area contributed by atoms with Crippen molar-refractivity contribution in [2.75, 3.05) is 13.7 Å². The largest absolute Gasteiger partial charge is 0.507 e. The number of benzene rings is 2. The van der Waals surface area contributed by atoms with Gasteiger partial charge in [-0.2, -0.15) is 0 Å². The van der Waals surface area contributed by atoms with E-state index in [-0.39, 0.29) is 17.4 Å². The molecular weight excluding hydrogens is 382 g/mol. The zero-order valence-corrected chi connectivity index (χ0v) is 17.3. The van der Waals surface area contributed by atoms with Gasteiger partial charge in [0, 0.05) is 18.5 Å². The van der Waals surface area contributed by atoms with Gasteiger partial charge in [0.05, 0.1) is 18.7 Å². The first-order chi connectivity index (χ1) is 14.4. The van der Waals surface area contributed by atoms with Crippen molar-refractivity contribution >= 4 is 17.4 Å². The van der Waals surface area contributed by atoms with Gasteiger partial charge < -0.3 is 19.5 Å². The summed E-state index contributed by atoms with van der Waals surface area (Å²) < 4.78 is 11.0. The number of ketones is 1. The molecule has 0 spiro atoms. The summed E-state index contributed by atoms with van der Waals surface area (Å²) in [4.78, 5) is 27.2. The van der Waals surface area contributed by atoms with E-state index in [1.165, 1.54) is 4.90 Å². The molecule has 0 radical (unpaired) electrons. The van der Waals surface area contributed by atoms with Gasteiger partial charge in [0.25, 0.3) is 11.7 Å². The van der Waals surface area contributed by atoms with Crippen LogP contribution in [-0.4, -0.2) is 41.5 Å². The predicted molar refractivity (Wildman–Crippen MR) is 113 cm³/mol. The number of aliphatic hydroxyl groups is 1. The summed E-state index contributed by atoms with van der Waals surface area (Å²) >= 11 is 0. The quantitative estimate of drug-likeness (QED) is 0.463. The summed E-state index contributed by atoms with van der Waals surface area (Å²) in [6.45, 7) is 4.36. The molecule has 0 saturated carbocycles. The first kappa shape index (κ1) is 20.0. The highest BCUT2D eigenvalue weighted by Crippen LogP contribution is 2.41. The average molecular weight is 407 g/mol. The summed E-state index contributed by atoms with van der Waals surface area (Å²) in [5, 5.41) is 11.1. The third-order valence-corrected chi connectivity index (χ3v) is 5.61. The number of hydrogen-bond acceptors (Lipinski definition) is 5. The Bertz CT molecular complexity index is 1020. The van der Waals surface area contributed by atoms with Gasteiger partial charge in [-0.3, -0.25) is 9.59 Å². The molecule has 0 aliphatic carbocycles. The van der Waals surface area contributed by atoms with Gasteiger partial charge in [-0.1, -0.05) is 19.1 Å². The molecule has 6 nitrogen and oxygen atoms in total. The van der Waals surface area contributed by atoms with Crippen LogP contribution in [0, 0.1) is 0 Å². The normalized spacial score (nSPS) is 22.2. The topological polar surface area (TPSA) is 76.1 Å². The first-order valence-electron chi connectivity index (χ1n) is 10.2. The molecule has 1 saturated heterocycles. The number of methoxy groups -OCH3 is 1. The Morgan fingerprint density at radius 1 is 1.20 bits per heavy atom. The molecule has 2 aromatic carbocycles. The third kappa shape index (κ3) is 3.32. The molecule has 2 aliphatic rings. The number of carbonyl (C=O) groups is 2. The second kappa shape index (κ2) is 7.86. The SMILES string of the molecule is CCCN1C(=O)C(=O)/C(=C(\O)c2ccc3c(c2)CC(C)O3)C1c1ccc(OC)cc1. The third-order valence-electron chi connectivity index (χ3n) is 5.61. The minimum Gasteiger partial charge on any atom is -0.507 e. The summed E-state index contributed by atoms with van der Waals surface area (Å²) in [5.41, 5.74) is 2.36. The van der Waals surface area contributed by atoms with E-state index in [1.54, 1.807) is 31.4 Å². The van der Waals surface area contributed by atoms with Crippen LogP contribution in [0.2, 0.25) is 0 Å². The van der Waals surface area contributed by atoms with Crippen LogP contribution < -0.4 is 9.47 Å². The lowest BCUT2D eigenvalue weighted by Gasteiger charge is -2.25. The number of likely N-dealkylation sites (tertiary alicyclic amines) is 1. The van der Waals surface area contributed by atoms with Gasteiger partial charge in [-0.05, 0) is 54.8 Å². The molecule has 30 heavy (non-hydrogen) atoms. The minimum atomic E-state index is -0.660. The summed E-state index contributed by atoms with van der Waals surface area (Å²) in [6, 6.07) is 12.0. The van der Waals surface area contributed by atoms with Crippen LogP contribution in [0.1, 0.15) is 43.0 Å². The maximum atomic E-state index is 12.9. The van der Waals surface area contributed by atoms with Gasteiger partial charge in [0.1, 0.15) is 23.4 Å². The summed E-state index contributed by atoms with van der Waals surface area (Å²) in [6.07, 6.45) is 1.52. The maximum absolute atomic E-state index is 12.9. The van der Waals surface area contributed by atoms with Crippen molar-refractivity contribution < 1.29 is 24.2 Å². The molecule has 1 amide bonds. The smallest absolute Gasteiger partial charge is 0.295 e. The van der Waals surface area contributed by atoms with Crippen molar-refractivity contribution in [1.29, 1.82) is 0 Å². The van der Waals surface area contributed by atoms with E-state index in [1.807, 2.05) is 32.0 Å². The number of ether oxygens (including phenoxy) is 2. The second-order valence-electron chi connectivity index (χ2n) is 7.72. The number of hydrogen-bond donors (Lipinski definition) is 1. The van der Waals surface area contributed by atoms with E-state index in [4.69, 9.17) is 9.47 Å². The van der Waals surface area contributed by atoms with Gasteiger partial charge in [-0.15, -0.1) is 0 Å². The van der Waals surface area contributed by atoms with Crippen LogP contribution in [0.25, 0.3) is 5.76 Å². The Morgan fingerprint density at radius 3 is 2.60 bits per heavy atom. The lowest BCUT2D eigenvalue weighted by atomic mass is 9.94. The van der Waals surface area contributed by atoms with Crippen molar-refractivity contribution in [3.63, 3.8) is 0 Å². The number of aliphatic hydroxyl groups excluding tert-OH is 1. The van der Waals surface area contributed by atoms with Gasteiger partial charge >= 0.3 is 0 Å². The fraction of sp³-hybridized carbons (Fsp3) is 0.333. The molecule has 4 rings (SSSR count). The average Bonchev–Trinajstić information content (AvgIpc) is 3.24. The zero-order valence-electron chi connectivity index (χ0n) is 17.3. The van der Waals surface area contributed by atoms with Crippen molar-refractivity contribution in [3.8, 4) is 11.5 Å². The highest BCUT2D eigenvalue weighted by Gasteiger charge is 2.45. The van der Waals surface area contributed by atoms with E-state index in [0.29, 0.717) is 24.3 Å². The highest BCUT2D eigenvalue weighted by atomic mass is 16.5. The Labute approximate surface area is 175 Å². The van der Waals surface area contributed by atoms with Crippen molar-refractivity contribution in [1.82, 2.24) is 4.90 Å². The van der Waals surface area contributed by atoms with E-state index < -0.39 is 17.7 Å². The fourth-order valence-electron chi connectivity index (χ4n) is 4.21. The molecule has 1 N–H and O–H groups in total. The molecule has 2 atom stereocenters. The second-order valence-corrected chi connectivity index (χ2v) is 7.72. The van der Waals surface area contributed by atoms with E-state index in [2.05, 4.69) is 0 Å². The lowest BCUT2D eigenvalue weighted by Crippen LogP contribution is -2.30. The number of carbonyl (C=O) groups excluding carboxylic acids is 2. The summed E-state index contributed by atoms with van der Waals surface area (Å²) in [5.74, 6) is 0.0652. The molecule has 2 aromatic rings. The number of rotatable bonds is 5. The Kier molecular flexibility index (Phi) is 5.24. The van der Waals surface area contributed by atoms with Crippen LogP contribution >= 0.6 is 0 Å². The first-order valence-corrected chi connectivity index (χ1v) is 10.2. The zero-order chi connectivity index (χ0) is 21.4. The monoisotopic (exact) mass is 407 g/mol. The van der Waals surface area contributed by atoms with E-state index in [0.717, 1.165) is 23.3 Å². The van der Waals surface area contributed by atoms with Crippen molar-refractivity contribution in [2.45, 2.75) is 38.8 Å². The van der Waals surface area contributed by atoms with Crippen LogP contribution in [0.5, 0.6) is 11.5 Å². The van der Waals surface area contributed by atoms with E-state index >= 15 is 0 Å². The Balaban J connectivity index is 1.82. The molecule has 0 bridgehead atoms. The number of fused-ring (bicyclic) bond motifs is 1. The number of nitrogens with zero attached hydrogens (tertiary/aromatic N) is 1. The van der Waals surface area contributed by atoms with Crippen molar-refractivity contribution in [3.05, 3.63) is 64.7 Å². The molecule has 1 fully saturated rings. The Morgan fingerprint density at radius 2 is 1.93 bits per heavy atom. The van der Waals surface area contributed by atoms with Gasteiger partial charge in [0.2, 0.25) is 0 Å². The van der Waals surface area contributed by atoms with Crippen LogP contribution in [0.4, 0.5) is 0 Å². The lowest BCUT2D eigenvalue weighted by molar-refractivity contribution is -0.139. The van der Waals surface area contributed by atoms with Crippen LogP contribution in [0.3, 0.4) is 0 Å². The standard InChI is InChI=1S/C24H25NO5/c1-4-11-25-21(15-5-8-18(29-3)9-6-15)20(23(27)24(25)28)22(26)16-7-10-19-17(13-16)12-14(2)30-19/h5-10,13-14,21,26H,4,11-12H2,1-3H3/b22-20-. The van der Waals surface area contributed by atoms with Crippen LogP contribution in [0.15, 0.2) is 48.0 Å². The molecular formula is C24H25NO5. The Hall–Kier alpha value is -3.28. The molecule has 6 heteroatoms. The fourth-order valence-corrected chi connectivity index (χ4v) is 4.21. The number of Topliss-reactive ketones (excluding diaryl/α,β-unsaturated/α-hetero) is 1.